The summed E-state index contributed by atoms with van der Waals surface area (Å²) in [4.78, 5) is 15.9. The number of carboxylic acids is 1. The van der Waals surface area contributed by atoms with Gasteiger partial charge in [0.2, 0.25) is 0 Å². The fourth-order valence-electron chi connectivity index (χ4n) is 2.39. The summed E-state index contributed by atoms with van der Waals surface area (Å²) in [6, 6.07) is 13.2. The fourth-order valence-corrected chi connectivity index (χ4v) is 2.39. The topological polar surface area (TPSA) is 50.2 Å². The molecule has 0 saturated heterocycles. The van der Waals surface area contributed by atoms with Crippen LogP contribution in [-0.2, 0) is 16.6 Å². The number of aromatic nitrogens is 1. The first-order valence-corrected chi connectivity index (χ1v) is 6.37. The molecule has 0 aliphatic rings. The van der Waals surface area contributed by atoms with Gasteiger partial charge in [0, 0.05) is 12.4 Å². The van der Waals surface area contributed by atoms with Crippen LogP contribution in [0.2, 0.25) is 0 Å². The Kier molecular flexibility index (Phi) is 3.95. The Morgan fingerprint density at radius 3 is 2.47 bits per heavy atom. The smallest absolute Gasteiger partial charge is 0.314 e. The maximum absolute atomic E-state index is 11.8. The lowest BCUT2D eigenvalue weighted by molar-refractivity contribution is -0.144. The molecule has 2 rings (SSSR count). The average molecular weight is 255 g/mol. The second kappa shape index (κ2) is 5.65. The highest BCUT2D eigenvalue weighted by Gasteiger charge is 2.38. The quantitative estimate of drug-likeness (QED) is 0.893. The summed E-state index contributed by atoms with van der Waals surface area (Å²) in [6.07, 6.45) is 4.43. The predicted octanol–water partition coefficient (Wildman–Crippen LogP) is 3.06. The number of benzene rings is 1. The van der Waals surface area contributed by atoms with Crippen molar-refractivity contribution in [1.29, 1.82) is 0 Å². The second-order valence-corrected chi connectivity index (χ2v) is 4.64. The number of hydrogen-bond donors (Lipinski definition) is 1. The van der Waals surface area contributed by atoms with Crippen LogP contribution in [-0.4, -0.2) is 16.1 Å². The molecule has 1 atom stereocenters. The number of aliphatic carboxylic acids is 1. The fraction of sp³-hybridized carbons (Fsp3) is 0.250. The number of carbonyl (C=O) groups is 1. The molecule has 19 heavy (non-hydrogen) atoms. The third kappa shape index (κ3) is 2.65. The molecule has 0 amide bonds. The summed E-state index contributed by atoms with van der Waals surface area (Å²) >= 11 is 0. The van der Waals surface area contributed by atoms with Gasteiger partial charge >= 0.3 is 5.97 Å². The Bertz CT molecular complexity index is 539. The van der Waals surface area contributed by atoms with Gasteiger partial charge in [0.05, 0.1) is 5.41 Å². The molecule has 0 aliphatic carbocycles. The Morgan fingerprint density at radius 2 is 1.95 bits per heavy atom. The van der Waals surface area contributed by atoms with Crippen molar-refractivity contribution in [2.75, 3.05) is 0 Å². The van der Waals surface area contributed by atoms with Crippen molar-refractivity contribution in [3.8, 4) is 0 Å². The maximum atomic E-state index is 11.8. The van der Waals surface area contributed by atoms with E-state index in [2.05, 4.69) is 4.98 Å². The monoisotopic (exact) mass is 255 g/mol. The summed E-state index contributed by atoms with van der Waals surface area (Å²) in [5.74, 6) is -0.787. The molecule has 0 radical (unpaired) electrons. The van der Waals surface area contributed by atoms with E-state index in [1.807, 2.05) is 49.4 Å². The molecule has 2 aromatic rings. The SMILES string of the molecule is CCC(Cc1cccnc1)(C(=O)O)c1ccccc1. The molecular weight excluding hydrogens is 238 g/mol. The van der Waals surface area contributed by atoms with E-state index in [1.165, 1.54) is 0 Å². The molecule has 1 aromatic heterocycles. The molecule has 1 heterocycles. The molecule has 0 spiro atoms. The molecule has 1 aromatic carbocycles. The Labute approximate surface area is 112 Å². The van der Waals surface area contributed by atoms with Crippen molar-refractivity contribution in [3.63, 3.8) is 0 Å². The van der Waals surface area contributed by atoms with Gasteiger partial charge in [-0.2, -0.15) is 0 Å². The lowest BCUT2D eigenvalue weighted by Crippen LogP contribution is -2.37. The lowest BCUT2D eigenvalue weighted by Gasteiger charge is -2.28. The molecular formula is C16H17NO2. The molecule has 0 fully saturated rings. The minimum Gasteiger partial charge on any atom is -0.481 e. The average Bonchev–Trinajstić information content (AvgIpc) is 2.46. The Balaban J connectivity index is 2.44. The number of hydrogen-bond acceptors (Lipinski definition) is 2. The van der Waals surface area contributed by atoms with E-state index in [-0.39, 0.29) is 0 Å². The summed E-state index contributed by atoms with van der Waals surface area (Å²) in [6.45, 7) is 1.91. The van der Waals surface area contributed by atoms with Gasteiger partial charge in [-0.3, -0.25) is 9.78 Å². The number of carboxylic acid groups (broad SMARTS) is 1. The van der Waals surface area contributed by atoms with E-state index in [0.717, 1.165) is 11.1 Å². The molecule has 3 heteroatoms. The molecule has 0 bridgehead atoms. The van der Waals surface area contributed by atoms with Gasteiger partial charge in [-0.15, -0.1) is 0 Å². The first-order valence-electron chi connectivity index (χ1n) is 6.37. The van der Waals surface area contributed by atoms with Gasteiger partial charge in [0.1, 0.15) is 0 Å². The van der Waals surface area contributed by atoms with Gasteiger partial charge in [-0.25, -0.2) is 0 Å². The zero-order valence-corrected chi connectivity index (χ0v) is 10.9. The predicted molar refractivity (Wildman–Crippen MR) is 74.0 cm³/mol. The highest BCUT2D eigenvalue weighted by Crippen LogP contribution is 2.32. The highest BCUT2D eigenvalue weighted by molar-refractivity contribution is 5.81. The van der Waals surface area contributed by atoms with Crippen LogP contribution in [0.4, 0.5) is 0 Å². The van der Waals surface area contributed by atoms with Crippen LogP contribution in [0.5, 0.6) is 0 Å². The molecule has 3 nitrogen and oxygen atoms in total. The van der Waals surface area contributed by atoms with Crippen LogP contribution in [0.15, 0.2) is 54.9 Å². The van der Waals surface area contributed by atoms with Gasteiger partial charge in [-0.05, 0) is 30.0 Å². The van der Waals surface area contributed by atoms with Crippen LogP contribution < -0.4 is 0 Å². The van der Waals surface area contributed by atoms with Crippen molar-refractivity contribution in [2.45, 2.75) is 25.2 Å². The van der Waals surface area contributed by atoms with E-state index in [0.29, 0.717) is 12.8 Å². The van der Waals surface area contributed by atoms with E-state index in [1.54, 1.807) is 12.4 Å². The molecule has 0 saturated carbocycles. The second-order valence-electron chi connectivity index (χ2n) is 4.64. The van der Waals surface area contributed by atoms with Crippen LogP contribution in [0.1, 0.15) is 24.5 Å². The third-order valence-electron chi connectivity index (χ3n) is 3.57. The zero-order chi connectivity index (χ0) is 13.7. The van der Waals surface area contributed by atoms with E-state index < -0.39 is 11.4 Å². The van der Waals surface area contributed by atoms with Gasteiger partial charge < -0.3 is 5.11 Å². The normalized spacial score (nSPS) is 13.7. The Hall–Kier alpha value is -2.16. The number of nitrogens with zero attached hydrogens (tertiary/aromatic N) is 1. The number of rotatable bonds is 5. The summed E-state index contributed by atoms with van der Waals surface area (Å²) in [7, 11) is 0. The summed E-state index contributed by atoms with van der Waals surface area (Å²) < 4.78 is 0. The minimum absolute atomic E-state index is 0.455. The lowest BCUT2D eigenvalue weighted by atomic mass is 9.74. The van der Waals surface area contributed by atoms with Gasteiger partial charge in [0.25, 0.3) is 0 Å². The Morgan fingerprint density at radius 1 is 1.21 bits per heavy atom. The minimum atomic E-state index is -0.885. The van der Waals surface area contributed by atoms with E-state index in [4.69, 9.17) is 0 Å². The largest absolute Gasteiger partial charge is 0.481 e. The van der Waals surface area contributed by atoms with Crippen LogP contribution >= 0.6 is 0 Å². The molecule has 1 unspecified atom stereocenters. The van der Waals surface area contributed by atoms with Crippen molar-refractivity contribution in [2.24, 2.45) is 0 Å². The van der Waals surface area contributed by atoms with E-state index in [9.17, 15) is 9.90 Å². The van der Waals surface area contributed by atoms with Crippen molar-refractivity contribution in [1.82, 2.24) is 4.98 Å². The summed E-state index contributed by atoms with van der Waals surface area (Å²) in [5, 5.41) is 9.72. The zero-order valence-electron chi connectivity index (χ0n) is 10.9. The van der Waals surface area contributed by atoms with E-state index >= 15 is 0 Å². The van der Waals surface area contributed by atoms with Crippen molar-refractivity contribution >= 4 is 5.97 Å². The first-order chi connectivity index (χ1) is 9.19. The maximum Gasteiger partial charge on any atom is 0.314 e. The summed E-state index contributed by atoms with van der Waals surface area (Å²) in [5.41, 5.74) is 0.897. The van der Waals surface area contributed by atoms with Gasteiger partial charge in [0.15, 0.2) is 0 Å². The van der Waals surface area contributed by atoms with Crippen molar-refractivity contribution in [3.05, 3.63) is 66.0 Å². The first kappa shape index (κ1) is 13.3. The molecule has 0 aliphatic heterocycles. The van der Waals surface area contributed by atoms with Crippen LogP contribution in [0, 0.1) is 0 Å². The van der Waals surface area contributed by atoms with Crippen LogP contribution in [0.25, 0.3) is 0 Å². The van der Waals surface area contributed by atoms with Crippen molar-refractivity contribution < 1.29 is 9.90 Å². The van der Waals surface area contributed by atoms with Crippen LogP contribution in [0.3, 0.4) is 0 Å². The third-order valence-corrected chi connectivity index (χ3v) is 3.57. The molecule has 98 valence electrons. The van der Waals surface area contributed by atoms with Gasteiger partial charge in [-0.1, -0.05) is 43.3 Å². The number of pyridine rings is 1. The standard InChI is InChI=1S/C16H17NO2/c1-2-16(15(18)19,14-8-4-3-5-9-14)11-13-7-6-10-17-12-13/h3-10,12H,2,11H2,1H3,(H,18,19). The highest BCUT2D eigenvalue weighted by atomic mass is 16.4. The molecule has 1 N–H and O–H groups in total.